The minimum Gasteiger partial charge on any atom is -0.490 e. The molecule has 1 N–H and O–H groups in total. The van der Waals surface area contributed by atoms with Crippen molar-refractivity contribution in [1.29, 1.82) is 0 Å². The highest BCUT2D eigenvalue weighted by molar-refractivity contribution is 7.99. The second kappa shape index (κ2) is 9.24. The van der Waals surface area contributed by atoms with Crippen LogP contribution in [0.1, 0.15) is 30.9 Å². The van der Waals surface area contributed by atoms with E-state index >= 15 is 0 Å². The lowest BCUT2D eigenvalue weighted by atomic mass is 10.0. The van der Waals surface area contributed by atoms with Crippen LogP contribution in [0, 0.1) is 10.1 Å². The minimum absolute atomic E-state index is 0.0692. The molecule has 0 aliphatic rings. The van der Waals surface area contributed by atoms with E-state index in [1.807, 2.05) is 24.3 Å². The monoisotopic (exact) mass is 374 g/mol. The van der Waals surface area contributed by atoms with Gasteiger partial charge in [0.1, 0.15) is 0 Å². The molecule has 0 unspecified atom stereocenters. The lowest BCUT2D eigenvalue weighted by Crippen LogP contribution is -2.14. The molecule has 0 aliphatic carbocycles. The van der Waals surface area contributed by atoms with Crippen molar-refractivity contribution in [3.8, 4) is 5.75 Å². The molecule has 0 aromatic heterocycles. The number of carbonyl (C=O) groups excluding carboxylic acids is 1. The number of nitrogens with zero attached hydrogens (tertiary/aromatic N) is 1. The zero-order valence-electron chi connectivity index (χ0n) is 15.0. The van der Waals surface area contributed by atoms with Gasteiger partial charge in [0.25, 0.3) is 0 Å². The van der Waals surface area contributed by atoms with E-state index in [-0.39, 0.29) is 23.1 Å². The molecule has 138 valence electrons. The molecule has 2 aromatic rings. The van der Waals surface area contributed by atoms with Crippen LogP contribution in [-0.2, 0) is 10.5 Å². The average molecular weight is 374 g/mol. The fourth-order valence-corrected chi connectivity index (χ4v) is 3.15. The van der Waals surface area contributed by atoms with Gasteiger partial charge in [-0.05, 0) is 35.2 Å². The summed E-state index contributed by atoms with van der Waals surface area (Å²) in [7, 11) is 1.40. The smallest absolute Gasteiger partial charge is 0.311 e. The number of anilines is 1. The molecular formula is C19H22N2O4S. The van der Waals surface area contributed by atoms with Crippen molar-refractivity contribution in [2.75, 3.05) is 18.2 Å². The third-order valence-electron chi connectivity index (χ3n) is 3.80. The van der Waals surface area contributed by atoms with Crippen LogP contribution < -0.4 is 10.1 Å². The number of amides is 1. The Kier molecular flexibility index (Phi) is 7.03. The van der Waals surface area contributed by atoms with Crippen molar-refractivity contribution >= 4 is 29.0 Å². The van der Waals surface area contributed by atoms with Crippen molar-refractivity contribution in [1.82, 2.24) is 0 Å². The molecule has 7 heteroatoms. The molecular weight excluding hydrogens is 352 g/mol. The molecule has 0 aliphatic heterocycles. The first-order chi connectivity index (χ1) is 12.4. The summed E-state index contributed by atoms with van der Waals surface area (Å²) in [6, 6.07) is 12.6. The second-order valence-electron chi connectivity index (χ2n) is 6.08. The van der Waals surface area contributed by atoms with E-state index in [0.717, 1.165) is 11.3 Å². The second-order valence-corrected chi connectivity index (χ2v) is 7.07. The largest absolute Gasteiger partial charge is 0.490 e. The Morgan fingerprint density at radius 1 is 1.23 bits per heavy atom. The van der Waals surface area contributed by atoms with Crippen molar-refractivity contribution in [2.45, 2.75) is 25.5 Å². The first kappa shape index (κ1) is 19.8. The van der Waals surface area contributed by atoms with Crippen LogP contribution in [0.3, 0.4) is 0 Å². The Bertz CT molecular complexity index is 776. The molecule has 1 amide bonds. The van der Waals surface area contributed by atoms with E-state index in [9.17, 15) is 14.9 Å². The quantitative estimate of drug-likeness (QED) is 0.539. The zero-order valence-corrected chi connectivity index (χ0v) is 15.8. The lowest BCUT2D eigenvalue weighted by molar-refractivity contribution is -0.385. The standard InChI is InChI=1S/C19H22N2O4S/c1-13(2)15-5-7-16(8-6-15)20-19(22)12-26-11-14-4-9-18(25-3)17(10-14)21(23)24/h4-10,13H,11-12H2,1-3H3,(H,20,22). The molecule has 0 spiro atoms. The Balaban J connectivity index is 1.86. The average Bonchev–Trinajstić information content (AvgIpc) is 2.62. The van der Waals surface area contributed by atoms with E-state index in [1.165, 1.54) is 30.5 Å². The summed E-state index contributed by atoms with van der Waals surface area (Å²) in [4.78, 5) is 22.6. The first-order valence-corrected chi connectivity index (χ1v) is 9.35. The summed E-state index contributed by atoms with van der Waals surface area (Å²) < 4.78 is 4.98. The van der Waals surface area contributed by atoms with Crippen molar-refractivity contribution in [3.05, 3.63) is 63.7 Å². The zero-order chi connectivity index (χ0) is 19.1. The number of nitrogens with one attached hydrogen (secondary N) is 1. The number of nitro benzene ring substituents is 1. The lowest BCUT2D eigenvalue weighted by Gasteiger charge is -2.09. The number of ether oxygens (including phenoxy) is 1. The summed E-state index contributed by atoms with van der Waals surface area (Å²) in [5, 5.41) is 13.9. The van der Waals surface area contributed by atoms with Crippen LogP contribution in [0.2, 0.25) is 0 Å². The van der Waals surface area contributed by atoms with Crippen LogP contribution >= 0.6 is 11.8 Å². The highest BCUT2D eigenvalue weighted by atomic mass is 32.2. The van der Waals surface area contributed by atoms with E-state index in [4.69, 9.17) is 4.74 Å². The van der Waals surface area contributed by atoms with Gasteiger partial charge in [0.2, 0.25) is 5.91 Å². The number of rotatable bonds is 8. The number of hydrogen-bond donors (Lipinski definition) is 1. The molecule has 0 saturated carbocycles. The highest BCUT2D eigenvalue weighted by Gasteiger charge is 2.15. The summed E-state index contributed by atoms with van der Waals surface area (Å²) in [6.07, 6.45) is 0. The number of nitro groups is 1. The van der Waals surface area contributed by atoms with Crippen LogP contribution in [0.15, 0.2) is 42.5 Å². The van der Waals surface area contributed by atoms with E-state index < -0.39 is 4.92 Å². The number of benzene rings is 2. The SMILES string of the molecule is COc1ccc(CSCC(=O)Nc2ccc(C(C)C)cc2)cc1[N+](=O)[O-]. The molecule has 0 fully saturated rings. The molecule has 6 nitrogen and oxygen atoms in total. The number of carbonyl (C=O) groups is 1. The fraction of sp³-hybridized carbons (Fsp3) is 0.316. The van der Waals surface area contributed by atoms with Crippen LogP contribution in [0.25, 0.3) is 0 Å². The van der Waals surface area contributed by atoms with E-state index in [0.29, 0.717) is 11.7 Å². The number of hydrogen-bond acceptors (Lipinski definition) is 5. The van der Waals surface area contributed by atoms with Gasteiger partial charge in [-0.2, -0.15) is 0 Å². The molecule has 26 heavy (non-hydrogen) atoms. The van der Waals surface area contributed by atoms with Crippen molar-refractivity contribution < 1.29 is 14.5 Å². The van der Waals surface area contributed by atoms with E-state index in [1.54, 1.807) is 12.1 Å². The van der Waals surface area contributed by atoms with Gasteiger partial charge in [-0.1, -0.05) is 32.0 Å². The molecule has 0 radical (unpaired) electrons. The first-order valence-electron chi connectivity index (χ1n) is 8.19. The van der Waals surface area contributed by atoms with E-state index in [2.05, 4.69) is 19.2 Å². The molecule has 2 rings (SSSR count). The topological polar surface area (TPSA) is 81.5 Å². The van der Waals surface area contributed by atoms with Gasteiger partial charge in [-0.25, -0.2) is 0 Å². The Morgan fingerprint density at radius 2 is 1.92 bits per heavy atom. The van der Waals surface area contributed by atoms with Gasteiger partial charge in [-0.15, -0.1) is 11.8 Å². The number of methoxy groups -OCH3 is 1. The number of thioether (sulfide) groups is 1. The van der Waals surface area contributed by atoms with Gasteiger partial charge in [0.05, 0.1) is 17.8 Å². The maximum atomic E-state index is 12.0. The summed E-state index contributed by atoms with van der Waals surface area (Å²) >= 11 is 1.40. The highest BCUT2D eigenvalue weighted by Crippen LogP contribution is 2.29. The van der Waals surface area contributed by atoms with Crippen molar-refractivity contribution in [3.63, 3.8) is 0 Å². The van der Waals surface area contributed by atoms with Crippen molar-refractivity contribution in [2.24, 2.45) is 0 Å². The van der Waals surface area contributed by atoms with Gasteiger partial charge in [0, 0.05) is 17.5 Å². The van der Waals surface area contributed by atoms with Gasteiger partial charge in [-0.3, -0.25) is 14.9 Å². The molecule has 0 bridgehead atoms. The summed E-state index contributed by atoms with van der Waals surface area (Å²) in [5.41, 5.74) is 2.69. The summed E-state index contributed by atoms with van der Waals surface area (Å²) in [6.45, 7) is 4.24. The third-order valence-corrected chi connectivity index (χ3v) is 4.81. The Morgan fingerprint density at radius 3 is 2.50 bits per heavy atom. The predicted molar refractivity (Wildman–Crippen MR) is 105 cm³/mol. The predicted octanol–water partition coefficient (Wildman–Crippen LogP) is 4.60. The van der Waals surface area contributed by atoms with Crippen LogP contribution in [0.5, 0.6) is 5.75 Å². The Labute approximate surface area is 157 Å². The van der Waals surface area contributed by atoms with Gasteiger partial charge >= 0.3 is 5.69 Å². The Hall–Kier alpha value is -2.54. The molecule has 0 saturated heterocycles. The molecule has 0 atom stereocenters. The normalized spacial score (nSPS) is 10.6. The third kappa shape index (κ3) is 5.49. The molecule has 0 heterocycles. The minimum atomic E-state index is -0.472. The summed E-state index contributed by atoms with van der Waals surface area (Å²) in [5.74, 6) is 1.35. The van der Waals surface area contributed by atoms with Crippen LogP contribution in [-0.4, -0.2) is 23.7 Å². The molecule has 2 aromatic carbocycles. The van der Waals surface area contributed by atoms with Gasteiger partial charge in [0.15, 0.2) is 5.75 Å². The maximum absolute atomic E-state index is 12.0. The maximum Gasteiger partial charge on any atom is 0.311 e. The van der Waals surface area contributed by atoms with Gasteiger partial charge < -0.3 is 10.1 Å². The van der Waals surface area contributed by atoms with Crippen LogP contribution in [0.4, 0.5) is 11.4 Å². The fourth-order valence-electron chi connectivity index (χ4n) is 2.38.